The molecule has 6 nitrogen and oxygen atoms in total. The summed E-state index contributed by atoms with van der Waals surface area (Å²) in [6, 6.07) is 3.44. The Balaban J connectivity index is 2.92. The Morgan fingerprint density at radius 3 is 2.84 bits per heavy atom. The van der Waals surface area contributed by atoms with E-state index in [2.05, 4.69) is 30.6 Å². The van der Waals surface area contributed by atoms with Crippen LogP contribution in [0.25, 0.3) is 0 Å². The van der Waals surface area contributed by atoms with Gasteiger partial charge in [0.15, 0.2) is 0 Å². The summed E-state index contributed by atoms with van der Waals surface area (Å²) in [4.78, 5) is 12.2. The summed E-state index contributed by atoms with van der Waals surface area (Å²) in [6.45, 7) is 1.84. The van der Waals surface area contributed by atoms with Crippen LogP contribution in [0.5, 0.6) is 5.75 Å². The van der Waals surface area contributed by atoms with Crippen molar-refractivity contribution < 1.29 is 24.2 Å². The van der Waals surface area contributed by atoms with E-state index >= 15 is 0 Å². The van der Waals surface area contributed by atoms with Crippen LogP contribution in [0.15, 0.2) is 17.0 Å². The predicted molar refractivity (Wildman–Crippen MR) is 75.4 cm³/mol. The number of anilines is 1. The van der Waals surface area contributed by atoms with Crippen LogP contribution in [-0.4, -0.2) is 23.6 Å². The minimum absolute atomic E-state index is 0.0858. The van der Waals surface area contributed by atoms with Crippen LogP contribution in [0.4, 0.5) is 5.69 Å². The average Bonchev–Trinajstić information content (AvgIpc) is 2.39. The molecule has 0 unspecified atom stereocenters. The Kier molecular flexibility index (Phi) is 7.17. The average molecular weight is 352 g/mol. The lowest BCUT2D eigenvalue weighted by Crippen LogP contribution is -2.12. The normalized spacial score (nSPS) is 10.3. The molecule has 8 heteroatoms. The summed E-state index contributed by atoms with van der Waals surface area (Å²) in [6.07, 6.45) is 0.389. The number of benzene rings is 1. The largest absolute Gasteiger partial charge is 0.495 e. The van der Waals surface area contributed by atoms with Gasteiger partial charge < -0.3 is 10.1 Å². The first kappa shape index (κ1) is 16.3. The Hall–Kier alpha value is -0.800. The molecule has 1 aromatic carbocycles. The molecule has 0 spiro atoms. The molecule has 106 valence electrons. The molecule has 0 aromatic heterocycles. The number of carbonyl (C=O) groups excluding carboxylic acids is 1. The third-order valence-corrected chi connectivity index (χ3v) is 3.28. The van der Waals surface area contributed by atoms with E-state index < -0.39 is 0 Å². The lowest BCUT2D eigenvalue weighted by atomic mass is 10.2. The van der Waals surface area contributed by atoms with Gasteiger partial charge in [0, 0.05) is 23.5 Å². The van der Waals surface area contributed by atoms with Crippen molar-refractivity contribution in [1.29, 1.82) is 0 Å². The van der Waals surface area contributed by atoms with E-state index in [4.69, 9.17) is 9.99 Å². The number of amides is 1. The van der Waals surface area contributed by atoms with Gasteiger partial charge in [-0.3, -0.25) is 4.79 Å². The Morgan fingerprint density at radius 1 is 1.53 bits per heavy atom. The van der Waals surface area contributed by atoms with Gasteiger partial charge in [-0.2, -0.15) is 0 Å². The summed E-state index contributed by atoms with van der Waals surface area (Å²) in [5.74, 6) is 0.416. The fraction of sp³-hybridized carbons (Fsp3) is 0.364. The zero-order valence-corrected chi connectivity index (χ0v) is 12.8. The van der Waals surface area contributed by atoms with Gasteiger partial charge in [-0.25, -0.2) is 5.26 Å². The first-order valence-corrected chi connectivity index (χ1v) is 7.18. The van der Waals surface area contributed by atoms with Crippen LogP contribution in [0.2, 0.25) is 0 Å². The zero-order valence-electron chi connectivity index (χ0n) is 10.4. The van der Waals surface area contributed by atoms with Crippen molar-refractivity contribution >= 4 is 39.6 Å². The molecule has 1 aromatic rings. The molecule has 19 heavy (non-hydrogen) atoms. The van der Waals surface area contributed by atoms with E-state index in [1.54, 1.807) is 12.1 Å². The molecule has 0 heterocycles. The SMILES string of the molecule is COc1cc(NC(=O)CCBr)c(C)cc1SOOO. The maximum Gasteiger partial charge on any atom is 0.225 e. The maximum atomic E-state index is 11.6. The molecule has 2 N–H and O–H groups in total. The van der Waals surface area contributed by atoms with Crippen molar-refractivity contribution in [3.05, 3.63) is 17.7 Å². The molecule has 1 rings (SSSR count). The minimum atomic E-state index is -0.0858. The van der Waals surface area contributed by atoms with Gasteiger partial charge in [0.05, 0.1) is 24.0 Å². The van der Waals surface area contributed by atoms with Gasteiger partial charge in [-0.05, 0) is 18.6 Å². The fourth-order valence-corrected chi connectivity index (χ4v) is 2.28. The number of hydrogen-bond donors (Lipinski definition) is 2. The van der Waals surface area contributed by atoms with Crippen LogP contribution in [0.1, 0.15) is 12.0 Å². The van der Waals surface area contributed by atoms with Crippen molar-refractivity contribution in [2.75, 3.05) is 17.8 Å². The molecule has 0 saturated carbocycles. The molecule has 0 atom stereocenters. The number of ether oxygens (including phenoxy) is 1. The molecule has 1 amide bonds. The fourth-order valence-electron chi connectivity index (χ4n) is 1.37. The molecule has 0 radical (unpaired) electrons. The quantitative estimate of drug-likeness (QED) is 0.340. The third-order valence-electron chi connectivity index (χ3n) is 2.26. The van der Waals surface area contributed by atoms with E-state index in [-0.39, 0.29) is 5.91 Å². The monoisotopic (exact) mass is 351 g/mol. The number of rotatable bonds is 7. The number of methoxy groups -OCH3 is 1. The number of alkyl halides is 1. The molecule has 0 aliphatic rings. The first-order valence-electron chi connectivity index (χ1n) is 5.31. The number of halogens is 1. The number of carbonyl (C=O) groups is 1. The molecule has 0 saturated heterocycles. The van der Waals surface area contributed by atoms with Crippen molar-refractivity contribution in [2.24, 2.45) is 0 Å². The van der Waals surface area contributed by atoms with Crippen LogP contribution in [0, 0.1) is 6.92 Å². The maximum absolute atomic E-state index is 11.6. The topological polar surface area (TPSA) is 77.0 Å². The van der Waals surface area contributed by atoms with Crippen molar-refractivity contribution in [2.45, 2.75) is 18.2 Å². The first-order chi connectivity index (χ1) is 9.12. The highest BCUT2D eigenvalue weighted by atomic mass is 79.9. The van der Waals surface area contributed by atoms with Gasteiger partial charge in [0.25, 0.3) is 0 Å². The van der Waals surface area contributed by atoms with Gasteiger partial charge in [-0.15, -0.1) is 4.33 Å². The summed E-state index contributed by atoms with van der Waals surface area (Å²) < 4.78 is 9.56. The van der Waals surface area contributed by atoms with Crippen LogP contribution in [-0.2, 0) is 14.2 Å². The summed E-state index contributed by atoms with van der Waals surface area (Å²) >= 11 is 4.01. The highest BCUT2D eigenvalue weighted by Crippen LogP contribution is 2.34. The highest BCUT2D eigenvalue weighted by molar-refractivity contribution is 9.09. The molecular formula is C11H14BrNO5S. The number of hydrogen-bond acceptors (Lipinski definition) is 6. The molecule has 0 aliphatic heterocycles. The van der Waals surface area contributed by atoms with E-state index in [1.165, 1.54) is 7.11 Å². The lowest BCUT2D eigenvalue weighted by molar-refractivity contribution is -0.432. The van der Waals surface area contributed by atoms with E-state index in [1.807, 2.05) is 6.92 Å². The van der Waals surface area contributed by atoms with E-state index in [0.717, 1.165) is 17.6 Å². The predicted octanol–water partition coefficient (Wildman–Crippen LogP) is 3.16. The van der Waals surface area contributed by atoms with Crippen molar-refractivity contribution in [3.63, 3.8) is 0 Å². The van der Waals surface area contributed by atoms with Gasteiger partial charge >= 0.3 is 0 Å². The van der Waals surface area contributed by atoms with E-state index in [9.17, 15) is 4.79 Å². The number of nitrogens with one attached hydrogen (secondary N) is 1. The molecular weight excluding hydrogens is 338 g/mol. The minimum Gasteiger partial charge on any atom is -0.495 e. The smallest absolute Gasteiger partial charge is 0.225 e. The Bertz CT molecular complexity index is 443. The summed E-state index contributed by atoms with van der Waals surface area (Å²) in [7, 11) is 1.50. The van der Waals surface area contributed by atoms with E-state index in [0.29, 0.717) is 28.1 Å². The van der Waals surface area contributed by atoms with Crippen LogP contribution >= 0.6 is 28.0 Å². The second kappa shape index (κ2) is 8.39. The van der Waals surface area contributed by atoms with Crippen molar-refractivity contribution in [1.82, 2.24) is 0 Å². The highest BCUT2D eigenvalue weighted by Gasteiger charge is 2.12. The standard InChI is InChI=1S/C11H14BrNO5S/c1-7-5-10(19-18-17-15)9(16-2)6-8(7)13-11(14)3-4-12/h5-6,15H,3-4H2,1-2H3,(H,13,14). The molecule has 0 aliphatic carbocycles. The van der Waals surface area contributed by atoms with Gasteiger partial charge in [-0.1, -0.05) is 21.0 Å². The lowest BCUT2D eigenvalue weighted by Gasteiger charge is -2.13. The molecule has 0 fully saturated rings. The van der Waals surface area contributed by atoms with Crippen LogP contribution in [0.3, 0.4) is 0 Å². The summed E-state index contributed by atoms with van der Waals surface area (Å²) in [5, 5.41) is 15.1. The van der Waals surface area contributed by atoms with Crippen molar-refractivity contribution in [3.8, 4) is 5.75 Å². The number of aryl methyl sites for hydroxylation is 1. The van der Waals surface area contributed by atoms with Crippen LogP contribution < -0.4 is 10.1 Å². The second-order valence-corrected chi connectivity index (χ2v) is 5.07. The Morgan fingerprint density at radius 2 is 2.26 bits per heavy atom. The van der Waals surface area contributed by atoms with Gasteiger partial charge in [0.2, 0.25) is 5.91 Å². The second-order valence-electron chi connectivity index (χ2n) is 3.53. The van der Waals surface area contributed by atoms with Gasteiger partial charge in [0.1, 0.15) is 5.75 Å². The third kappa shape index (κ3) is 5.00. The summed E-state index contributed by atoms with van der Waals surface area (Å²) in [5.41, 5.74) is 1.50. The Labute approximate surface area is 123 Å². The molecule has 0 bridgehead atoms. The zero-order chi connectivity index (χ0) is 14.3.